The van der Waals surface area contributed by atoms with Gasteiger partial charge >= 0.3 is 6.18 Å². The molecular formula is C8H15F3N2O2S. The van der Waals surface area contributed by atoms with E-state index in [1.54, 1.807) is 0 Å². The predicted octanol–water partition coefficient (Wildman–Crippen LogP) is 1.15. The van der Waals surface area contributed by atoms with Gasteiger partial charge in [-0.25, -0.2) is 9.86 Å². The Labute approximate surface area is 92.6 Å². The normalized spacial score (nSPS) is 28.0. The van der Waals surface area contributed by atoms with Crippen LogP contribution in [0.1, 0.15) is 25.7 Å². The highest BCUT2D eigenvalue weighted by atomic mass is 32.2. The van der Waals surface area contributed by atoms with Gasteiger partial charge in [-0.2, -0.15) is 21.6 Å². The molecule has 0 radical (unpaired) electrons. The Morgan fingerprint density at radius 2 is 1.69 bits per heavy atom. The fourth-order valence-electron chi connectivity index (χ4n) is 1.93. The Balaban J connectivity index is 2.33. The number of hydrogen-bond acceptors (Lipinski definition) is 2. The molecule has 0 aromatic rings. The van der Waals surface area contributed by atoms with Crippen molar-refractivity contribution in [3.63, 3.8) is 0 Å². The topological polar surface area (TPSA) is 72.2 Å². The van der Waals surface area contributed by atoms with Crippen LogP contribution < -0.4 is 9.86 Å². The van der Waals surface area contributed by atoms with E-state index in [1.807, 2.05) is 0 Å². The highest BCUT2D eigenvalue weighted by Crippen LogP contribution is 2.39. The number of alkyl halides is 3. The van der Waals surface area contributed by atoms with E-state index in [9.17, 15) is 21.6 Å². The number of hydrogen-bond donors (Lipinski definition) is 2. The lowest BCUT2D eigenvalue weighted by Crippen LogP contribution is -2.37. The Morgan fingerprint density at radius 3 is 2.06 bits per heavy atom. The van der Waals surface area contributed by atoms with Crippen LogP contribution >= 0.6 is 0 Å². The molecule has 8 heteroatoms. The van der Waals surface area contributed by atoms with Gasteiger partial charge in [-0.05, 0) is 31.6 Å². The van der Waals surface area contributed by atoms with Crippen LogP contribution in [0.5, 0.6) is 0 Å². The first-order valence-corrected chi connectivity index (χ1v) is 6.57. The maximum atomic E-state index is 12.3. The van der Waals surface area contributed by atoms with Gasteiger partial charge in [0.25, 0.3) is 10.2 Å². The smallest absolute Gasteiger partial charge is 0.216 e. The number of nitrogens with two attached hydrogens (primary N) is 1. The summed E-state index contributed by atoms with van der Waals surface area (Å²) in [5, 5.41) is 4.73. The zero-order chi connectivity index (χ0) is 12.4. The minimum absolute atomic E-state index is 0.0445. The summed E-state index contributed by atoms with van der Waals surface area (Å²) in [5.41, 5.74) is 0. The molecule has 96 valence electrons. The minimum atomic E-state index is -4.13. The molecule has 1 aliphatic carbocycles. The molecule has 1 rings (SSSR count). The highest BCUT2D eigenvalue weighted by molar-refractivity contribution is 7.87. The Morgan fingerprint density at radius 1 is 1.19 bits per heavy atom. The fourth-order valence-corrected chi connectivity index (χ4v) is 2.40. The van der Waals surface area contributed by atoms with Gasteiger partial charge in [-0.1, -0.05) is 0 Å². The van der Waals surface area contributed by atoms with Crippen molar-refractivity contribution < 1.29 is 21.6 Å². The second-order valence-electron chi connectivity index (χ2n) is 4.15. The number of rotatable bonds is 3. The molecule has 0 aromatic heterocycles. The van der Waals surface area contributed by atoms with Crippen LogP contribution in [-0.2, 0) is 10.2 Å². The lowest BCUT2D eigenvalue weighted by Gasteiger charge is -2.29. The van der Waals surface area contributed by atoms with Gasteiger partial charge in [-0.3, -0.25) is 0 Å². The molecule has 1 saturated carbocycles. The van der Waals surface area contributed by atoms with Crippen molar-refractivity contribution in [2.24, 2.45) is 17.0 Å². The molecule has 3 N–H and O–H groups in total. The zero-order valence-electron chi connectivity index (χ0n) is 8.63. The first kappa shape index (κ1) is 13.7. The van der Waals surface area contributed by atoms with Gasteiger partial charge in [0, 0.05) is 6.54 Å². The zero-order valence-corrected chi connectivity index (χ0v) is 9.44. The summed E-state index contributed by atoms with van der Waals surface area (Å²) in [7, 11) is -3.74. The van der Waals surface area contributed by atoms with Crippen LogP contribution in [0, 0.1) is 11.8 Å². The van der Waals surface area contributed by atoms with E-state index < -0.39 is 22.3 Å². The van der Waals surface area contributed by atoms with Crippen molar-refractivity contribution in [3.05, 3.63) is 0 Å². The molecule has 0 aliphatic heterocycles. The molecule has 1 fully saturated rings. The summed E-state index contributed by atoms with van der Waals surface area (Å²) in [6.07, 6.45) is -3.22. The average Bonchev–Trinajstić information content (AvgIpc) is 2.13. The SMILES string of the molecule is NS(=O)(=O)NCC1CCC(C(F)(F)F)CC1. The number of nitrogens with one attached hydrogen (secondary N) is 1. The molecular weight excluding hydrogens is 245 g/mol. The maximum absolute atomic E-state index is 12.3. The van der Waals surface area contributed by atoms with E-state index in [0.29, 0.717) is 12.8 Å². The molecule has 0 heterocycles. The second-order valence-corrected chi connectivity index (χ2v) is 5.53. The standard InChI is InChI=1S/C8H15F3N2O2S/c9-8(10,11)7-3-1-6(2-4-7)5-13-16(12,14)15/h6-7,13H,1-5H2,(H2,12,14,15). The number of halogens is 3. The third kappa shape index (κ3) is 4.67. The molecule has 0 aromatic carbocycles. The van der Waals surface area contributed by atoms with Gasteiger partial charge in [0.05, 0.1) is 5.92 Å². The van der Waals surface area contributed by atoms with Gasteiger partial charge in [0.15, 0.2) is 0 Å². The Bertz CT molecular complexity index is 321. The average molecular weight is 260 g/mol. The fraction of sp³-hybridized carbons (Fsp3) is 1.00. The van der Waals surface area contributed by atoms with Crippen molar-refractivity contribution >= 4 is 10.2 Å². The third-order valence-electron chi connectivity index (χ3n) is 2.88. The first-order chi connectivity index (χ1) is 7.18. The predicted molar refractivity (Wildman–Crippen MR) is 52.6 cm³/mol. The van der Waals surface area contributed by atoms with Gasteiger partial charge in [0.1, 0.15) is 0 Å². The molecule has 16 heavy (non-hydrogen) atoms. The van der Waals surface area contributed by atoms with Crippen molar-refractivity contribution in [1.82, 2.24) is 4.72 Å². The highest BCUT2D eigenvalue weighted by Gasteiger charge is 2.41. The summed E-state index contributed by atoms with van der Waals surface area (Å²) in [4.78, 5) is 0. The molecule has 0 unspecified atom stereocenters. The summed E-state index contributed by atoms with van der Waals surface area (Å²) in [5.74, 6) is -1.28. The van der Waals surface area contributed by atoms with Gasteiger partial charge < -0.3 is 0 Å². The summed E-state index contributed by atoms with van der Waals surface area (Å²) in [6, 6.07) is 0. The third-order valence-corrected chi connectivity index (χ3v) is 3.45. The van der Waals surface area contributed by atoms with E-state index in [2.05, 4.69) is 4.72 Å². The molecule has 0 bridgehead atoms. The van der Waals surface area contributed by atoms with Crippen LogP contribution in [0.3, 0.4) is 0 Å². The quantitative estimate of drug-likeness (QED) is 0.799. The maximum Gasteiger partial charge on any atom is 0.391 e. The second kappa shape index (κ2) is 4.89. The molecule has 0 saturated heterocycles. The summed E-state index contributed by atoms with van der Waals surface area (Å²) >= 11 is 0. The lowest BCUT2D eigenvalue weighted by molar-refractivity contribution is -0.183. The Kier molecular flexibility index (Phi) is 4.19. The van der Waals surface area contributed by atoms with E-state index in [0.717, 1.165) is 0 Å². The first-order valence-electron chi connectivity index (χ1n) is 5.02. The van der Waals surface area contributed by atoms with Crippen molar-refractivity contribution in [1.29, 1.82) is 0 Å². The van der Waals surface area contributed by atoms with Gasteiger partial charge in [0.2, 0.25) is 0 Å². The molecule has 0 spiro atoms. The van der Waals surface area contributed by atoms with E-state index >= 15 is 0 Å². The van der Waals surface area contributed by atoms with Crippen LogP contribution in [0.2, 0.25) is 0 Å². The van der Waals surface area contributed by atoms with E-state index in [4.69, 9.17) is 5.14 Å². The van der Waals surface area contributed by atoms with Crippen molar-refractivity contribution in [3.8, 4) is 0 Å². The largest absolute Gasteiger partial charge is 0.391 e. The van der Waals surface area contributed by atoms with Crippen molar-refractivity contribution in [2.45, 2.75) is 31.9 Å². The molecule has 0 amide bonds. The van der Waals surface area contributed by atoms with Crippen LogP contribution in [-0.4, -0.2) is 21.1 Å². The lowest BCUT2D eigenvalue weighted by atomic mass is 9.82. The monoisotopic (exact) mass is 260 g/mol. The summed E-state index contributed by atoms with van der Waals surface area (Å²) in [6.45, 7) is 0.128. The van der Waals surface area contributed by atoms with Crippen LogP contribution in [0.25, 0.3) is 0 Å². The van der Waals surface area contributed by atoms with Crippen LogP contribution in [0.15, 0.2) is 0 Å². The minimum Gasteiger partial charge on any atom is -0.216 e. The Hall–Kier alpha value is -0.340. The van der Waals surface area contributed by atoms with Crippen LogP contribution in [0.4, 0.5) is 13.2 Å². The van der Waals surface area contributed by atoms with Gasteiger partial charge in [-0.15, -0.1) is 0 Å². The summed E-state index contributed by atoms with van der Waals surface area (Å²) < 4.78 is 60.2. The van der Waals surface area contributed by atoms with Crippen molar-refractivity contribution in [2.75, 3.05) is 6.54 Å². The van der Waals surface area contributed by atoms with E-state index in [1.165, 1.54) is 0 Å². The molecule has 0 atom stereocenters. The van der Waals surface area contributed by atoms with E-state index in [-0.39, 0.29) is 25.3 Å². The molecule has 4 nitrogen and oxygen atoms in total. The molecule has 1 aliphatic rings.